The van der Waals surface area contributed by atoms with Gasteiger partial charge in [0.15, 0.2) is 5.96 Å². The van der Waals surface area contributed by atoms with E-state index in [0.29, 0.717) is 18.5 Å². The molecule has 0 radical (unpaired) electrons. The Morgan fingerprint density at radius 1 is 1.29 bits per heavy atom. The average Bonchev–Trinajstić information content (AvgIpc) is 2.19. The molecule has 0 spiro atoms. The van der Waals surface area contributed by atoms with Crippen LogP contribution in [0.3, 0.4) is 0 Å². The second kappa shape index (κ2) is 8.04. The maximum Gasteiger partial charge on any atom is 0.387 e. The van der Waals surface area contributed by atoms with Crippen LogP contribution in [0.2, 0.25) is 0 Å². The fourth-order valence-corrected chi connectivity index (χ4v) is 1.23. The van der Waals surface area contributed by atoms with Gasteiger partial charge in [0.25, 0.3) is 0 Å². The van der Waals surface area contributed by atoms with Crippen LogP contribution in [0.5, 0.6) is 5.75 Å². The Labute approximate surface area is 115 Å². The van der Waals surface area contributed by atoms with Crippen LogP contribution >= 0.6 is 24.0 Å². The maximum absolute atomic E-state index is 12.1. The molecule has 0 amide bonds. The van der Waals surface area contributed by atoms with Gasteiger partial charge < -0.3 is 16.2 Å². The number of hydrogen-bond acceptors (Lipinski definition) is 2. The van der Waals surface area contributed by atoms with Crippen molar-refractivity contribution in [2.75, 3.05) is 6.54 Å². The summed E-state index contributed by atoms with van der Waals surface area (Å²) in [5, 5.41) is 0. The highest BCUT2D eigenvalue weighted by Gasteiger charge is 2.08. The van der Waals surface area contributed by atoms with Crippen molar-refractivity contribution in [3.05, 3.63) is 29.8 Å². The van der Waals surface area contributed by atoms with Crippen LogP contribution in [0.25, 0.3) is 0 Å². The van der Waals surface area contributed by atoms with Gasteiger partial charge in [-0.1, -0.05) is 18.2 Å². The number of ether oxygens (including phenoxy) is 1. The Kier molecular flexibility index (Phi) is 7.51. The minimum Gasteiger partial charge on any atom is -0.435 e. The monoisotopic (exact) mass is 357 g/mol. The molecule has 0 aromatic heterocycles. The molecule has 0 saturated heterocycles. The normalized spacial score (nSPS) is 9.59. The Balaban J connectivity index is 0.00000256. The predicted molar refractivity (Wildman–Crippen MR) is 72.9 cm³/mol. The van der Waals surface area contributed by atoms with E-state index in [1.54, 1.807) is 18.2 Å². The summed E-state index contributed by atoms with van der Waals surface area (Å²) in [6.45, 7) is -2.49. The summed E-state index contributed by atoms with van der Waals surface area (Å²) >= 11 is 0. The summed E-state index contributed by atoms with van der Waals surface area (Å²) < 4.78 is 28.5. The molecule has 0 heterocycles. The van der Waals surface area contributed by atoms with Crippen LogP contribution in [-0.4, -0.2) is 19.1 Å². The van der Waals surface area contributed by atoms with Gasteiger partial charge in [-0.15, -0.1) is 24.0 Å². The van der Waals surface area contributed by atoms with Gasteiger partial charge >= 0.3 is 6.61 Å². The molecular weight excluding hydrogens is 343 g/mol. The van der Waals surface area contributed by atoms with Gasteiger partial charge in [-0.25, -0.2) is 0 Å². The molecule has 1 aromatic carbocycles. The largest absolute Gasteiger partial charge is 0.435 e. The number of para-hydroxylation sites is 1. The van der Waals surface area contributed by atoms with Crippen molar-refractivity contribution in [1.82, 2.24) is 0 Å². The van der Waals surface area contributed by atoms with Gasteiger partial charge in [-0.3, -0.25) is 4.99 Å². The average molecular weight is 357 g/mol. The van der Waals surface area contributed by atoms with E-state index in [2.05, 4.69) is 9.73 Å². The lowest BCUT2D eigenvalue weighted by Gasteiger charge is -2.09. The number of guanidine groups is 1. The van der Waals surface area contributed by atoms with E-state index in [0.717, 1.165) is 0 Å². The van der Waals surface area contributed by atoms with Crippen LogP contribution in [0, 0.1) is 0 Å². The first-order valence-electron chi connectivity index (χ1n) is 4.67. The van der Waals surface area contributed by atoms with Crippen LogP contribution in [0.15, 0.2) is 29.3 Å². The number of benzene rings is 1. The molecule has 0 aliphatic rings. The summed E-state index contributed by atoms with van der Waals surface area (Å²) in [6, 6.07) is 6.54. The zero-order valence-electron chi connectivity index (χ0n) is 8.98. The molecule has 4 N–H and O–H groups in total. The number of aliphatic imine (C=N–C) groups is 1. The highest BCUT2D eigenvalue weighted by atomic mass is 127. The van der Waals surface area contributed by atoms with Crippen molar-refractivity contribution in [1.29, 1.82) is 0 Å². The van der Waals surface area contributed by atoms with Crippen molar-refractivity contribution in [2.24, 2.45) is 16.5 Å². The van der Waals surface area contributed by atoms with Gasteiger partial charge in [0.1, 0.15) is 5.75 Å². The van der Waals surface area contributed by atoms with E-state index in [1.165, 1.54) is 6.07 Å². The van der Waals surface area contributed by atoms with Crippen molar-refractivity contribution in [2.45, 2.75) is 13.0 Å². The van der Waals surface area contributed by atoms with Crippen LogP contribution < -0.4 is 16.2 Å². The SMILES string of the molecule is I.NC(N)=NCCc1ccccc1OC(F)F. The summed E-state index contributed by atoms with van der Waals surface area (Å²) in [6.07, 6.45) is 0.445. The van der Waals surface area contributed by atoms with Gasteiger partial charge in [-0.05, 0) is 18.1 Å². The van der Waals surface area contributed by atoms with E-state index in [1.807, 2.05) is 0 Å². The van der Waals surface area contributed by atoms with E-state index in [-0.39, 0.29) is 35.7 Å². The molecule has 0 aliphatic carbocycles. The first kappa shape index (κ1) is 15.9. The second-order valence-electron chi connectivity index (χ2n) is 3.04. The predicted octanol–water partition coefficient (Wildman–Crippen LogP) is 1.72. The Morgan fingerprint density at radius 2 is 1.94 bits per heavy atom. The molecule has 0 saturated carbocycles. The fourth-order valence-electron chi connectivity index (χ4n) is 1.23. The molecule has 0 fully saturated rings. The molecule has 17 heavy (non-hydrogen) atoms. The van der Waals surface area contributed by atoms with Crippen LogP contribution in [0.4, 0.5) is 8.78 Å². The van der Waals surface area contributed by atoms with Gasteiger partial charge in [-0.2, -0.15) is 8.78 Å². The number of halogens is 3. The number of nitrogens with zero attached hydrogens (tertiary/aromatic N) is 1. The van der Waals surface area contributed by atoms with E-state index >= 15 is 0 Å². The molecule has 0 aliphatic heterocycles. The number of hydrogen-bond donors (Lipinski definition) is 2. The molecular formula is C10H14F2IN3O. The van der Waals surface area contributed by atoms with Crippen molar-refractivity contribution in [3.63, 3.8) is 0 Å². The number of nitrogens with two attached hydrogens (primary N) is 2. The fraction of sp³-hybridized carbons (Fsp3) is 0.300. The minimum absolute atomic E-state index is 0. The summed E-state index contributed by atoms with van der Waals surface area (Å²) in [7, 11) is 0. The lowest BCUT2D eigenvalue weighted by Crippen LogP contribution is -2.23. The molecule has 0 atom stereocenters. The molecule has 0 unspecified atom stereocenters. The zero-order chi connectivity index (χ0) is 12.0. The lowest BCUT2D eigenvalue weighted by atomic mass is 10.1. The molecule has 7 heteroatoms. The first-order valence-corrected chi connectivity index (χ1v) is 4.67. The quantitative estimate of drug-likeness (QED) is 0.479. The van der Waals surface area contributed by atoms with Gasteiger partial charge in [0, 0.05) is 6.54 Å². The highest BCUT2D eigenvalue weighted by molar-refractivity contribution is 14.0. The van der Waals surface area contributed by atoms with Crippen molar-refractivity contribution >= 4 is 29.9 Å². The van der Waals surface area contributed by atoms with Crippen molar-refractivity contribution in [3.8, 4) is 5.75 Å². The van der Waals surface area contributed by atoms with Crippen molar-refractivity contribution < 1.29 is 13.5 Å². The molecule has 1 aromatic rings. The molecule has 96 valence electrons. The second-order valence-corrected chi connectivity index (χ2v) is 3.04. The Hall–Kier alpha value is -1.12. The van der Waals surface area contributed by atoms with Crippen LogP contribution in [-0.2, 0) is 6.42 Å². The summed E-state index contributed by atoms with van der Waals surface area (Å²) in [4.78, 5) is 3.77. The van der Waals surface area contributed by atoms with Gasteiger partial charge in [0.05, 0.1) is 0 Å². The van der Waals surface area contributed by atoms with E-state index < -0.39 is 6.61 Å². The Bertz CT molecular complexity index is 370. The smallest absolute Gasteiger partial charge is 0.387 e. The summed E-state index contributed by atoms with van der Waals surface area (Å²) in [5.74, 6) is 0.135. The standard InChI is InChI=1S/C10H13F2N3O.HI/c11-9(12)16-8-4-2-1-3-7(8)5-6-15-10(13)14;/h1-4,9H,5-6H2,(H4,13,14,15);1H. The van der Waals surface area contributed by atoms with Crippen LogP contribution in [0.1, 0.15) is 5.56 Å². The lowest BCUT2D eigenvalue weighted by molar-refractivity contribution is -0.0504. The zero-order valence-corrected chi connectivity index (χ0v) is 11.3. The maximum atomic E-state index is 12.1. The van der Waals surface area contributed by atoms with E-state index in [4.69, 9.17) is 11.5 Å². The third-order valence-corrected chi connectivity index (χ3v) is 1.86. The number of rotatable bonds is 5. The third-order valence-electron chi connectivity index (χ3n) is 1.86. The Morgan fingerprint density at radius 3 is 2.53 bits per heavy atom. The van der Waals surface area contributed by atoms with E-state index in [9.17, 15) is 8.78 Å². The third kappa shape index (κ3) is 6.25. The van der Waals surface area contributed by atoms with Gasteiger partial charge in [0.2, 0.25) is 0 Å². The summed E-state index contributed by atoms with van der Waals surface area (Å²) in [5.41, 5.74) is 10.9. The molecule has 1 rings (SSSR count). The first-order chi connectivity index (χ1) is 7.59. The molecule has 0 bridgehead atoms. The topological polar surface area (TPSA) is 73.6 Å². The minimum atomic E-state index is -2.83. The highest BCUT2D eigenvalue weighted by Crippen LogP contribution is 2.20. The molecule has 4 nitrogen and oxygen atoms in total. The number of alkyl halides is 2.